The third-order valence-corrected chi connectivity index (χ3v) is 4.35. The molecule has 2 N–H and O–H groups in total. The van der Waals surface area contributed by atoms with Crippen LogP contribution in [-0.2, 0) is 4.79 Å². The first-order valence-electron chi connectivity index (χ1n) is 7.27. The fourth-order valence-corrected chi connectivity index (χ4v) is 2.68. The normalized spacial score (nSPS) is 18.4. The minimum atomic E-state index is -0.462. The van der Waals surface area contributed by atoms with Crippen molar-refractivity contribution < 1.29 is 9.90 Å². The van der Waals surface area contributed by atoms with E-state index in [0.717, 1.165) is 32.2 Å². The monoisotopic (exact) mass is 256 g/mol. The first-order chi connectivity index (χ1) is 8.56. The Bertz CT molecular complexity index is 256. The number of carbonyl (C=O) groups excluding carboxylic acids is 1. The number of rotatable bonds is 8. The Labute approximate surface area is 111 Å². The lowest BCUT2D eigenvalue weighted by atomic mass is 9.89. The number of hydrogen-bond donors (Lipinski definition) is 2. The summed E-state index contributed by atoms with van der Waals surface area (Å²) >= 11 is 0. The minimum Gasteiger partial charge on any atom is -0.390 e. The van der Waals surface area contributed by atoms with Gasteiger partial charge < -0.3 is 15.3 Å². The summed E-state index contributed by atoms with van der Waals surface area (Å²) in [6.07, 6.45) is 4.31. The Balaban J connectivity index is 2.35. The summed E-state index contributed by atoms with van der Waals surface area (Å²) in [5, 5.41) is 13.5. The maximum Gasteiger partial charge on any atom is 0.222 e. The molecular formula is C14H28N2O2. The predicted octanol–water partition coefficient (Wildman–Crippen LogP) is 1.53. The molecule has 0 saturated carbocycles. The molecule has 1 amide bonds. The number of aliphatic hydroxyl groups excluding tert-OH is 1. The molecule has 1 saturated heterocycles. The van der Waals surface area contributed by atoms with E-state index in [1.54, 1.807) is 4.90 Å². The molecule has 106 valence electrons. The van der Waals surface area contributed by atoms with Crippen LogP contribution in [0.2, 0.25) is 0 Å². The Kier molecular flexibility index (Phi) is 6.09. The van der Waals surface area contributed by atoms with Gasteiger partial charge in [-0.3, -0.25) is 4.79 Å². The van der Waals surface area contributed by atoms with Crippen LogP contribution in [0.25, 0.3) is 0 Å². The van der Waals surface area contributed by atoms with E-state index in [4.69, 9.17) is 0 Å². The lowest BCUT2D eigenvalue weighted by molar-refractivity contribution is -0.128. The summed E-state index contributed by atoms with van der Waals surface area (Å²) in [4.78, 5) is 13.2. The van der Waals surface area contributed by atoms with Gasteiger partial charge in [0.25, 0.3) is 0 Å². The van der Waals surface area contributed by atoms with Crippen LogP contribution >= 0.6 is 0 Å². The van der Waals surface area contributed by atoms with Gasteiger partial charge >= 0.3 is 0 Å². The maximum atomic E-state index is 11.5. The first kappa shape index (κ1) is 15.4. The van der Waals surface area contributed by atoms with E-state index in [1.165, 1.54) is 0 Å². The van der Waals surface area contributed by atoms with Gasteiger partial charge in [-0.15, -0.1) is 0 Å². The van der Waals surface area contributed by atoms with Crippen LogP contribution in [0.5, 0.6) is 0 Å². The Morgan fingerprint density at radius 2 is 1.94 bits per heavy atom. The number of likely N-dealkylation sites (tertiary alicyclic amines) is 1. The fourth-order valence-electron chi connectivity index (χ4n) is 2.68. The average molecular weight is 256 g/mol. The lowest BCUT2D eigenvalue weighted by Crippen LogP contribution is -2.49. The summed E-state index contributed by atoms with van der Waals surface area (Å²) in [5.41, 5.74) is 0.135. The van der Waals surface area contributed by atoms with E-state index in [0.29, 0.717) is 19.5 Å². The zero-order chi connectivity index (χ0) is 13.6. The maximum absolute atomic E-state index is 11.5. The smallest absolute Gasteiger partial charge is 0.222 e. The van der Waals surface area contributed by atoms with Gasteiger partial charge in [-0.25, -0.2) is 0 Å². The Morgan fingerprint density at radius 3 is 2.39 bits per heavy atom. The summed E-state index contributed by atoms with van der Waals surface area (Å²) in [7, 11) is 0. The SMILES string of the molecule is CCC(CC)(CC)NCC(O)CN1CCCC1=O. The molecule has 0 bridgehead atoms. The molecule has 1 fully saturated rings. The molecule has 18 heavy (non-hydrogen) atoms. The summed E-state index contributed by atoms with van der Waals surface area (Å²) < 4.78 is 0. The summed E-state index contributed by atoms with van der Waals surface area (Å²) in [6, 6.07) is 0. The summed E-state index contributed by atoms with van der Waals surface area (Å²) in [5.74, 6) is 0.182. The van der Waals surface area contributed by atoms with Crippen LogP contribution in [0, 0.1) is 0 Å². The Hall–Kier alpha value is -0.610. The van der Waals surface area contributed by atoms with Crippen LogP contribution in [0.3, 0.4) is 0 Å². The van der Waals surface area contributed by atoms with Crippen LogP contribution in [0.4, 0.5) is 0 Å². The molecule has 1 unspecified atom stereocenters. The highest BCUT2D eigenvalue weighted by Crippen LogP contribution is 2.19. The van der Waals surface area contributed by atoms with E-state index >= 15 is 0 Å². The minimum absolute atomic E-state index is 0.135. The second-order valence-electron chi connectivity index (χ2n) is 5.32. The third kappa shape index (κ3) is 3.95. The van der Waals surface area contributed by atoms with Gasteiger partial charge in [-0.1, -0.05) is 20.8 Å². The van der Waals surface area contributed by atoms with E-state index in [-0.39, 0.29) is 11.4 Å². The van der Waals surface area contributed by atoms with Crippen molar-refractivity contribution in [3.63, 3.8) is 0 Å². The van der Waals surface area contributed by atoms with Crippen molar-refractivity contribution in [1.29, 1.82) is 0 Å². The van der Waals surface area contributed by atoms with Crippen molar-refractivity contribution in [1.82, 2.24) is 10.2 Å². The van der Waals surface area contributed by atoms with Gasteiger partial charge in [0, 0.05) is 31.6 Å². The van der Waals surface area contributed by atoms with Crippen molar-refractivity contribution >= 4 is 5.91 Å². The van der Waals surface area contributed by atoms with Crippen molar-refractivity contribution in [3.8, 4) is 0 Å². The van der Waals surface area contributed by atoms with Crippen LogP contribution in [0.1, 0.15) is 52.9 Å². The highest BCUT2D eigenvalue weighted by Gasteiger charge is 2.26. The predicted molar refractivity (Wildman–Crippen MR) is 73.4 cm³/mol. The fraction of sp³-hybridized carbons (Fsp3) is 0.929. The quantitative estimate of drug-likeness (QED) is 0.692. The van der Waals surface area contributed by atoms with E-state index < -0.39 is 6.10 Å². The molecule has 0 aliphatic carbocycles. The van der Waals surface area contributed by atoms with Crippen LogP contribution < -0.4 is 5.32 Å². The zero-order valence-electron chi connectivity index (χ0n) is 12.0. The standard InChI is InChI=1S/C14H28N2O2/c1-4-14(5-2,6-3)15-10-12(17)11-16-9-7-8-13(16)18/h12,15,17H,4-11H2,1-3H3. The largest absolute Gasteiger partial charge is 0.390 e. The van der Waals surface area contributed by atoms with Crippen molar-refractivity contribution in [2.75, 3.05) is 19.6 Å². The molecule has 4 heteroatoms. The molecule has 0 spiro atoms. The number of β-amino-alcohol motifs (C(OH)–C–C–N with tert-alkyl or cyclic N) is 1. The van der Waals surface area contributed by atoms with E-state index in [9.17, 15) is 9.90 Å². The van der Waals surface area contributed by atoms with Crippen molar-refractivity contribution in [3.05, 3.63) is 0 Å². The Morgan fingerprint density at radius 1 is 1.33 bits per heavy atom. The van der Waals surface area contributed by atoms with Gasteiger partial charge in [-0.2, -0.15) is 0 Å². The topological polar surface area (TPSA) is 52.6 Å². The molecular weight excluding hydrogens is 228 g/mol. The van der Waals surface area contributed by atoms with Gasteiger partial charge in [0.2, 0.25) is 5.91 Å². The van der Waals surface area contributed by atoms with E-state index in [1.807, 2.05) is 0 Å². The molecule has 1 atom stereocenters. The summed E-state index contributed by atoms with van der Waals surface area (Å²) in [6.45, 7) is 8.37. The molecule has 1 heterocycles. The van der Waals surface area contributed by atoms with E-state index in [2.05, 4.69) is 26.1 Å². The molecule has 1 aliphatic rings. The number of hydrogen-bond acceptors (Lipinski definition) is 3. The molecule has 0 aromatic heterocycles. The van der Waals surface area contributed by atoms with Crippen LogP contribution in [-0.4, -0.2) is 47.2 Å². The molecule has 0 aromatic carbocycles. The van der Waals surface area contributed by atoms with Gasteiger partial charge in [0.1, 0.15) is 0 Å². The van der Waals surface area contributed by atoms with Gasteiger partial charge in [0.05, 0.1) is 6.10 Å². The van der Waals surface area contributed by atoms with Gasteiger partial charge in [0.15, 0.2) is 0 Å². The lowest BCUT2D eigenvalue weighted by Gasteiger charge is -2.33. The zero-order valence-corrected chi connectivity index (χ0v) is 12.0. The number of nitrogens with one attached hydrogen (secondary N) is 1. The number of nitrogens with zero attached hydrogens (tertiary/aromatic N) is 1. The molecule has 0 aromatic rings. The molecule has 1 aliphatic heterocycles. The first-order valence-corrected chi connectivity index (χ1v) is 7.27. The average Bonchev–Trinajstić information content (AvgIpc) is 2.77. The number of carbonyl (C=O) groups is 1. The molecule has 0 radical (unpaired) electrons. The van der Waals surface area contributed by atoms with Crippen LogP contribution in [0.15, 0.2) is 0 Å². The molecule has 1 rings (SSSR count). The highest BCUT2D eigenvalue weighted by molar-refractivity contribution is 5.78. The number of aliphatic hydroxyl groups is 1. The van der Waals surface area contributed by atoms with Crippen molar-refractivity contribution in [2.24, 2.45) is 0 Å². The second kappa shape index (κ2) is 7.10. The highest BCUT2D eigenvalue weighted by atomic mass is 16.3. The second-order valence-corrected chi connectivity index (χ2v) is 5.32. The van der Waals surface area contributed by atoms with Crippen molar-refractivity contribution in [2.45, 2.75) is 64.5 Å². The van der Waals surface area contributed by atoms with Gasteiger partial charge in [-0.05, 0) is 25.7 Å². The number of amides is 1. The molecule has 4 nitrogen and oxygen atoms in total. The third-order valence-electron chi connectivity index (χ3n) is 4.35.